The Balaban J connectivity index is 1.65. The molecule has 2 N–H and O–H groups in total. The minimum Gasteiger partial charge on any atom is -0.381 e. The molecule has 0 heterocycles. The Labute approximate surface area is 132 Å². The number of anilines is 1. The van der Waals surface area contributed by atoms with Crippen molar-refractivity contribution in [2.24, 2.45) is 0 Å². The third-order valence-corrected chi connectivity index (χ3v) is 4.25. The molecular weight excluding hydrogens is 328 g/mol. The molecule has 1 aliphatic rings. The van der Waals surface area contributed by atoms with Crippen molar-refractivity contribution in [1.29, 1.82) is 0 Å². The molecule has 108 valence electrons. The van der Waals surface area contributed by atoms with E-state index in [1.165, 1.54) is 5.56 Å². The van der Waals surface area contributed by atoms with E-state index in [2.05, 4.69) is 32.6 Å². The minimum atomic E-state index is 0.0158. The lowest BCUT2D eigenvalue weighted by Gasteiger charge is -2.10. The van der Waals surface area contributed by atoms with Gasteiger partial charge in [0.05, 0.1) is 0 Å². The third-order valence-electron chi connectivity index (χ3n) is 3.48. The molecule has 1 aliphatic carbocycles. The van der Waals surface area contributed by atoms with Crippen LogP contribution in [0, 0.1) is 0 Å². The maximum atomic E-state index is 12.0. The largest absolute Gasteiger partial charge is 0.381 e. The van der Waals surface area contributed by atoms with Crippen LogP contribution in [-0.2, 0) is 6.54 Å². The van der Waals surface area contributed by atoms with E-state index in [1.807, 2.05) is 42.5 Å². The molecule has 1 saturated carbocycles. The molecule has 2 aromatic carbocycles. The van der Waals surface area contributed by atoms with Crippen LogP contribution >= 0.6 is 15.9 Å². The van der Waals surface area contributed by atoms with Gasteiger partial charge in [-0.25, -0.2) is 0 Å². The van der Waals surface area contributed by atoms with Gasteiger partial charge in [-0.15, -0.1) is 0 Å². The number of amides is 1. The molecule has 2 aromatic rings. The Bertz CT molecular complexity index is 653. The average molecular weight is 345 g/mol. The van der Waals surface area contributed by atoms with Gasteiger partial charge < -0.3 is 10.6 Å². The molecule has 3 nitrogen and oxygen atoms in total. The Kier molecular flexibility index (Phi) is 4.25. The topological polar surface area (TPSA) is 41.1 Å². The molecule has 0 aromatic heterocycles. The number of carbonyl (C=O) groups excluding carboxylic acids is 1. The monoisotopic (exact) mass is 344 g/mol. The summed E-state index contributed by atoms with van der Waals surface area (Å²) in [5.41, 5.74) is 2.85. The van der Waals surface area contributed by atoms with Crippen LogP contribution < -0.4 is 10.6 Å². The molecular formula is C17H17BrN2O. The van der Waals surface area contributed by atoms with E-state index >= 15 is 0 Å². The zero-order chi connectivity index (χ0) is 14.7. The van der Waals surface area contributed by atoms with Gasteiger partial charge in [-0.05, 0) is 42.7 Å². The molecule has 0 atom stereocenters. The van der Waals surface area contributed by atoms with Crippen molar-refractivity contribution in [3.63, 3.8) is 0 Å². The summed E-state index contributed by atoms with van der Waals surface area (Å²) in [6, 6.07) is 16.1. The molecule has 4 heteroatoms. The zero-order valence-corrected chi connectivity index (χ0v) is 13.2. The molecule has 0 spiro atoms. The maximum Gasteiger partial charge on any atom is 0.251 e. The van der Waals surface area contributed by atoms with E-state index in [0.717, 1.165) is 29.5 Å². The van der Waals surface area contributed by atoms with Crippen LogP contribution in [0.25, 0.3) is 0 Å². The highest BCUT2D eigenvalue weighted by Crippen LogP contribution is 2.21. The lowest BCUT2D eigenvalue weighted by molar-refractivity contribution is 0.0951. The first kappa shape index (κ1) is 14.1. The standard InChI is InChI=1S/C17H17BrN2O/c18-16-7-2-1-4-13(16)11-19-15-6-3-5-12(10-15)17(21)20-14-8-9-14/h1-7,10,14,19H,8-9,11H2,(H,20,21). The Morgan fingerprint density at radius 3 is 2.71 bits per heavy atom. The minimum absolute atomic E-state index is 0.0158. The lowest BCUT2D eigenvalue weighted by atomic mass is 10.1. The highest BCUT2D eigenvalue weighted by atomic mass is 79.9. The van der Waals surface area contributed by atoms with Crippen molar-refractivity contribution in [3.8, 4) is 0 Å². The van der Waals surface area contributed by atoms with Crippen LogP contribution in [-0.4, -0.2) is 11.9 Å². The van der Waals surface area contributed by atoms with Crippen molar-refractivity contribution in [2.45, 2.75) is 25.4 Å². The molecule has 21 heavy (non-hydrogen) atoms. The van der Waals surface area contributed by atoms with E-state index in [4.69, 9.17) is 0 Å². The van der Waals surface area contributed by atoms with Gasteiger partial charge in [0.15, 0.2) is 0 Å². The Morgan fingerprint density at radius 1 is 1.14 bits per heavy atom. The summed E-state index contributed by atoms with van der Waals surface area (Å²) in [5, 5.41) is 6.36. The number of nitrogens with one attached hydrogen (secondary N) is 2. The smallest absolute Gasteiger partial charge is 0.251 e. The molecule has 3 rings (SSSR count). The van der Waals surface area contributed by atoms with Gasteiger partial charge in [0.2, 0.25) is 0 Å². The normalized spacial score (nSPS) is 13.8. The Hall–Kier alpha value is -1.81. The van der Waals surface area contributed by atoms with Crippen molar-refractivity contribution in [3.05, 3.63) is 64.1 Å². The number of carbonyl (C=O) groups is 1. The predicted molar refractivity (Wildman–Crippen MR) is 88.4 cm³/mol. The first-order valence-electron chi connectivity index (χ1n) is 7.10. The van der Waals surface area contributed by atoms with Crippen LogP contribution in [0.2, 0.25) is 0 Å². The highest BCUT2D eigenvalue weighted by molar-refractivity contribution is 9.10. The van der Waals surface area contributed by atoms with Gasteiger partial charge in [0.1, 0.15) is 0 Å². The van der Waals surface area contributed by atoms with Gasteiger partial charge in [-0.2, -0.15) is 0 Å². The van der Waals surface area contributed by atoms with Crippen LogP contribution in [0.4, 0.5) is 5.69 Å². The zero-order valence-electron chi connectivity index (χ0n) is 11.6. The number of benzene rings is 2. The van der Waals surface area contributed by atoms with Crippen LogP contribution in [0.15, 0.2) is 53.0 Å². The number of rotatable bonds is 5. The Morgan fingerprint density at radius 2 is 1.95 bits per heavy atom. The van der Waals surface area contributed by atoms with Crippen molar-refractivity contribution >= 4 is 27.5 Å². The fraction of sp³-hybridized carbons (Fsp3) is 0.235. The summed E-state index contributed by atoms with van der Waals surface area (Å²) in [6.07, 6.45) is 2.21. The van der Waals surface area contributed by atoms with E-state index in [0.29, 0.717) is 11.6 Å². The quantitative estimate of drug-likeness (QED) is 0.861. The summed E-state index contributed by atoms with van der Waals surface area (Å²) in [6.45, 7) is 0.717. The van der Waals surface area contributed by atoms with Gasteiger partial charge in [-0.3, -0.25) is 4.79 Å². The van der Waals surface area contributed by atoms with Crippen molar-refractivity contribution in [1.82, 2.24) is 5.32 Å². The highest BCUT2D eigenvalue weighted by Gasteiger charge is 2.23. The van der Waals surface area contributed by atoms with Crippen molar-refractivity contribution in [2.75, 3.05) is 5.32 Å². The predicted octanol–water partition coefficient (Wildman–Crippen LogP) is 3.95. The second-order valence-corrected chi connectivity index (χ2v) is 6.13. The molecule has 0 radical (unpaired) electrons. The SMILES string of the molecule is O=C(NC1CC1)c1cccc(NCc2ccccc2Br)c1. The molecule has 1 amide bonds. The fourth-order valence-electron chi connectivity index (χ4n) is 2.11. The van der Waals surface area contributed by atoms with Gasteiger partial charge >= 0.3 is 0 Å². The van der Waals surface area contributed by atoms with E-state index in [9.17, 15) is 4.79 Å². The third kappa shape index (κ3) is 3.85. The van der Waals surface area contributed by atoms with Gasteiger partial charge in [0.25, 0.3) is 5.91 Å². The van der Waals surface area contributed by atoms with Crippen LogP contribution in [0.5, 0.6) is 0 Å². The van der Waals surface area contributed by atoms with Gasteiger partial charge in [-0.1, -0.05) is 40.2 Å². The van der Waals surface area contributed by atoms with Crippen LogP contribution in [0.1, 0.15) is 28.8 Å². The van der Waals surface area contributed by atoms with Crippen molar-refractivity contribution < 1.29 is 4.79 Å². The second kappa shape index (κ2) is 6.31. The number of hydrogen-bond acceptors (Lipinski definition) is 2. The summed E-state index contributed by atoms with van der Waals surface area (Å²) < 4.78 is 1.08. The fourth-order valence-corrected chi connectivity index (χ4v) is 2.53. The summed E-state index contributed by atoms with van der Waals surface area (Å²) in [4.78, 5) is 12.0. The maximum absolute atomic E-state index is 12.0. The number of hydrogen-bond donors (Lipinski definition) is 2. The summed E-state index contributed by atoms with van der Waals surface area (Å²) in [7, 11) is 0. The van der Waals surface area contributed by atoms with Crippen LogP contribution in [0.3, 0.4) is 0 Å². The first-order valence-corrected chi connectivity index (χ1v) is 7.90. The number of halogens is 1. The van der Waals surface area contributed by atoms with E-state index < -0.39 is 0 Å². The molecule has 0 unspecified atom stereocenters. The second-order valence-electron chi connectivity index (χ2n) is 5.27. The first-order chi connectivity index (χ1) is 10.2. The van der Waals surface area contributed by atoms with E-state index in [1.54, 1.807) is 0 Å². The summed E-state index contributed by atoms with van der Waals surface area (Å²) in [5.74, 6) is 0.0158. The molecule has 1 fully saturated rings. The molecule has 0 bridgehead atoms. The lowest BCUT2D eigenvalue weighted by Crippen LogP contribution is -2.25. The average Bonchev–Trinajstić information content (AvgIpc) is 3.31. The molecule has 0 saturated heterocycles. The summed E-state index contributed by atoms with van der Waals surface area (Å²) >= 11 is 3.54. The van der Waals surface area contributed by atoms with E-state index in [-0.39, 0.29) is 5.91 Å². The molecule has 0 aliphatic heterocycles. The van der Waals surface area contributed by atoms with Gasteiger partial charge in [0, 0.05) is 28.3 Å².